The van der Waals surface area contributed by atoms with E-state index in [-0.39, 0.29) is 5.56 Å². The Balaban J connectivity index is 1.33. The van der Waals surface area contributed by atoms with Crippen LogP contribution in [0.3, 0.4) is 0 Å². The zero-order chi connectivity index (χ0) is 27.0. The van der Waals surface area contributed by atoms with Crippen molar-refractivity contribution >= 4 is 29.5 Å². The van der Waals surface area contributed by atoms with E-state index in [1.54, 1.807) is 62.6 Å². The Labute approximate surface area is 223 Å². The number of aryl methyl sites for hydroxylation is 1. The molecule has 0 radical (unpaired) electrons. The van der Waals surface area contributed by atoms with E-state index in [1.165, 1.54) is 16.8 Å². The molecule has 5 rings (SSSR count). The number of carboxylic acids is 1. The van der Waals surface area contributed by atoms with Gasteiger partial charge in [0.1, 0.15) is 17.7 Å². The van der Waals surface area contributed by atoms with Gasteiger partial charge in [-0.25, -0.2) is 13.9 Å². The summed E-state index contributed by atoms with van der Waals surface area (Å²) in [4.78, 5) is 28.6. The van der Waals surface area contributed by atoms with Crippen molar-refractivity contribution in [1.29, 1.82) is 0 Å². The molecule has 1 saturated carbocycles. The molecule has 2 heterocycles. The maximum absolute atomic E-state index is 14.8. The Morgan fingerprint density at radius 2 is 1.92 bits per heavy atom. The van der Waals surface area contributed by atoms with Crippen LogP contribution in [-0.2, 0) is 14.9 Å². The van der Waals surface area contributed by atoms with Gasteiger partial charge in [-0.05, 0) is 51.0 Å². The minimum Gasteiger partial charge on any atom is -0.481 e. The molecule has 10 heteroatoms. The predicted molar refractivity (Wildman–Crippen MR) is 140 cm³/mol. The molecule has 1 atom stereocenters. The van der Waals surface area contributed by atoms with Gasteiger partial charge < -0.3 is 9.84 Å². The molecule has 38 heavy (non-hydrogen) atoms. The molecule has 0 bridgehead atoms. The van der Waals surface area contributed by atoms with Gasteiger partial charge in [0.25, 0.3) is 0 Å². The van der Waals surface area contributed by atoms with Gasteiger partial charge in [0.15, 0.2) is 0 Å². The summed E-state index contributed by atoms with van der Waals surface area (Å²) in [5.41, 5.74) is 2.07. The van der Waals surface area contributed by atoms with E-state index in [0.717, 1.165) is 0 Å². The lowest BCUT2D eigenvalue weighted by atomic mass is 9.94. The number of amides is 1. The number of anilines is 1. The average Bonchev–Trinajstić information content (AvgIpc) is 3.63. The van der Waals surface area contributed by atoms with Crippen LogP contribution in [-0.4, -0.2) is 31.9 Å². The molecule has 1 unspecified atom stereocenters. The van der Waals surface area contributed by atoms with E-state index in [4.69, 9.17) is 16.3 Å². The first-order valence-corrected chi connectivity index (χ1v) is 12.3. The average molecular weight is 535 g/mol. The van der Waals surface area contributed by atoms with Crippen molar-refractivity contribution in [3.8, 4) is 16.9 Å². The Kier molecular flexibility index (Phi) is 6.62. The second-order valence-electron chi connectivity index (χ2n) is 9.27. The Morgan fingerprint density at radius 3 is 2.55 bits per heavy atom. The van der Waals surface area contributed by atoms with Crippen LogP contribution >= 0.6 is 11.6 Å². The number of ether oxygens (including phenoxy) is 1. The van der Waals surface area contributed by atoms with Crippen LogP contribution in [0.15, 0.2) is 67.0 Å². The highest BCUT2D eigenvalue weighted by molar-refractivity contribution is 6.31. The molecule has 0 saturated heterocycles. The third-order valence-corrected chi connectivity index (χ3v) is 7.08. The second-order valence-corrected chi connectivity index (χ2v) is 9.67. The van der Waals surface area contributed by atoms with Crippen LogP contribution in [0.25, 0.3) is 16.9 Å². The van der Waals surface area contributed by atoms with Crippen LogP contribution in [0.2, 0.25) is 5.02 Å². The Bertz CT molecular complexity index is 1530. The molecule has 1 aliphatic rings. The number of carbonyl (C=O) groups is 2. The van der Waals surface area contributed by atoms with Crippen molar-refractivity contribution < 1.29 is 23.8 Å². The number of aliphatic carboxylic acids is 1. The third kappa shape index (κ3) is 4.72. The maximum atomic E-state index is 14.8. The monoisotopic (exact) mass is 534 g/mol. The zero-order valence-corrected chi connectivity index (χ0v) is 21.4. The highest BCUT2D eigenvalue weighted by atomic mass is 35.5. The van der Waals surface area contributed by atoms with Gasteiger partial charge in [-0.2, -0.15) is 5.10 Å². The summed E-state index contributed by atoms with van der Waals surface area (Å²) in [5, 5.41) is 17.0. The second kappa shape index (κ2) is 9.90. The molecule has 1 fully saturated rings. The summed E-state index contributed by atoms with van der Waals surface area (Å²) in [6, 6.07) is 15.1. The van der Waals surface area contributed by atoms with Crippen molar-refractivity contribution in [3.63, 3.8) is 0 Å². The molecular weight excluding hydrogens is 511 g/mol. The number of nitrogens with zero attached hydrogens (tertiary/aromatic N) is 3. The van der Waals surface area contributed by atoms with Crippen LogP contribution in [0.5, 0.6) is 0 Å². The van der Waals surface area contributed by atoms with Crippen molar-refractivity contribution in [2.75, 3.05) is 5.32 Å². The normalized spacial score (nSPS) is 14.5. The fourth-order valence-corrected chi connectivity index (χ4v) is 4.69. The van der Waals surface area contributed by atoms with Gasteiger partial charge in [-0.1, -0.05) is 41.9 Å². The minimum absolute atomic E-state index is 0.198. The molecule has 2 aromatic carbocycles. The van der Waals surface area contributed by atoms with Gasteiger partial charge in [0.2, 0.25) is 0 Å². The molecule has 0 aliphatic heterocycles. The van der Waals surface area contributed by atoms with Crippen molar-refractivity contribution in [1.82, 2.24) is 14.8 Å². The fraction of sp³-hybridized carbons (Fsp3) is 0.214. The molecule has 1 aliphatic carbocycles. The molecule has 194 valence electrons. The molecule has 4 aromatic rings. The summed E-state index contributed by atoms with van der Waals surface area (Å²) in [5.74, 6) is -1.16. The van der Waals surface area contributed by atoms with E-state index in [2.05, 4.69) is 15.4 Å². The third-order valence-electron chi connectivity index (χ3n) is 6.73. The number of carboxylic acid groups (broad SMARTS) is 1. The number of rotatable bonds is 7. The van der Waals surface area contributed by atoms with Gasteiger partial charge in [0.05, 0.1) is 29.2 Å². The lowest BCUT2D eigenvalue weighted by Gasteiger charge is -2.16. The zero-order valence-electron chi connectivity index (χ0n) is 20.6. The minimum atomic E-state index is -1.12. The largest absolute Gasteiger partial charge is 0.481 e. The first-order valence-electron chi connectivity index (χ1n) is 12.0. The number of halogens is 2. The highest BCUT2D eigenvalue weighted by Gasteiger charge is 2.53. The summed E-state index contributed by atoms with van der Waals surface area (Å²) in [6.07, 6.45) is 2.77. The molecular formula is C28H24ClFN4O4. The van der Waals surface area contributed by atoms with Gasteiger partial charge in [0, 0.05) is 27.3 Å². The summed E-state index contributed by atoms with van der Waals surface area (Å²) >= 11 is 6.21. The van der Waals surface area contributed by atoms with Gasteiger partial charge >= 0.3 is 12.1 Å². The van der Waals surface area contributed by atoms with E-state index >= 15 is 0 Å². The summed E-state index contributed by atoms with van der Waals surface area (Å²) < 4.78 is 21.8. The highest BCUT2D eigenvalue weighted by Crippen LogP contribution is 2.49. The van der Waals surface area contributed by atoms with E-state index in [9.17, 15) is 19.1 Å². The first-order chi connectivity index (χ1) is 18.2. The number of hydrogen-bond donors (Lipinski definition) is 2. The van der Waals surface area contributed by atoms with Gasteiger partial charge in [-0.3, -0.25) is 15.1 Å². The van der Waals surface area contributed by atoms with Crippen LogP contribution in [0, 0.1) is 12.7 Å². The molecule has 8 nitrogen and oxygen atoms in total. The molecule has 2 N–H and O–H groups in total. The number of aromatic nitrogens is 3. The summed E-state index contributed by atoms with van der Waals surface area (Å²) in [6.45, 7) is 3.53. The van der Waals surface area contributed by atoms with E-state index in [1.807, 2.05) is 6.07 Å². The van der Waals surface area contributed by atoms with Crippen LogP contribution < -0.4 is 5.32 Å². The molecule has 0 spiro atoms. The van der Waals surface area contributed by atoms with Crippen molar-refractivity contribution in [3.05, 3.63) is 94.5 Å². The number of nitrogens with one attached hydrogen (secondary N) is 1. The standard InChI is InChI=1S/C28H24ClFN4O4/c1-16-14-32-34(25(16)33-27(37)38-17(2)20-5-3-4-6-22(20)29)19-8-10-24(31-15-19)18-7-9-21(23(30)13-18)28(11-12-28)26(35)36/h3-10,13-15,17H,11-12H2,1-2H3,(H,33,37)(H,35,36). The number of pyridine rings is 1. The number of benzene rings is 2. The Morgan fingerprint density at radius 1 is 1.16 bits per heavy atom. The van der Waals surface area contributed by atoms with E-state index in [0.29, 0.717) is 51.8 Å². The summed E-state index contributed by atoms with van der Waals surface area (Å²) in [7, 11) is 0. The number of hydrogen-bond acceptors (Lipinski definition) is 5. The maximum Gasteiger partial charge on any atom is 0.413 e. The Hall–Kier alpha value is -4.24. The van der Waals surface area contributed by atoms with Crippen molar-refractivity contribution in [2.45, 2.75) is 38.2 Å². The van der Waals surface area contributed by atoms with Crippen LogP contribution in [0.1, 0.15) is 42.6 Å². The molecule has 2 aromatic heterocycles. The lowest BCUT2D eigenvalue weighted by Crippen LogP contribution is -2.20. The fourth-order valence-electron chi connectivity index (χ4n) is 4.40. The predicted octanol–water partition coefficient (Wildman–Crippen LogP) is 6.46. The topological polar surface area (TPSA) is 106 Å². The van der Waals surface area contributed by atoms with Crippen molar-refractivity contribution in [2.24, 2.45) is 0 Å². The number of carbonyl (C=O) groups excluding carboxylic acids is 1. The van der Waals surface area contributed by atoms with Crippen LogP contribution in [0.4, 0.5) is 15.0 Å². The first kappa shape index (κ1) is 25.4. The SMILES string of the molecule is Cc1cnn(-c2ccc(-c3ccc(C4(C(=O)O)CC4)c(F)c3)nc2)c1NC(=O)OC(C)c1ccccc1Cl. The van der Waals surface area contributed by atoms with E-state index < -0.39 is 29.4 Å². The quantitative estimate of drug-likeness (QED) is 0.282. The molecule has 1 amide bonds. The smallest absolute Gasteiger partial charge is 0.413 e. The lowest BCUT2D eigenvalue weighted by molar-refractivity contribution is -0.140. The van der Waals surface area contributed by atoms with Gasteiger partial charge in [-0.15, -0.1) is 0 Å².